The van der Waals surface area contributed by atoms with Crippen molar-refractivity contribution in [2.24, 2.45) is 0 Å². The Morgan fingerprint density at radius 1 is 1.39 bits per heavy atom. The number of aryl methyl sites for hydroxylation is 1. The molecule has 1 aliphatic heterocycles. The van der Waals surface area contributed by atoms with E-state index in [2.05, 4.69) is 15.8 Å². The lowest BCUT2D eigenvalue weighted by Gasteiger charge is -2.04. The van der Waals surface area contributed by atoms with E-state index in [9.17, 15) is 8.42 Å². The van der Waals surface area contributed by atoms with E-state index in [-0.39, 0.29) is 5.75 Å². The molecule has 0 saturated carbocycles. The largest absolute Gasteiger partial charge is 0.369 e. The number of nitrogens with zero attached hydrogens (tertiary/aromatic N) is 1. The van der Waals surface area contributed by atoms with Crippen molar-refractivity contribution in [3.63, 3.8) is 0 Å². The molecule has 1 aliphatic rings. The highest BCUT2D eigenvalue weighted by atomic mass is 32.2. The number of thiazole rings is 1. The van der Waals surface area contributed by atoms with Crippen LogP contribution in [0.3, 0.4) is 0 Å². The van der Waals surface area contributed by atoms with Crippen LogP contribution in [0.5, 0.6) is 5.06 Å². The zero-order valence-electron chi connectivity index (χ0n) is 10.2. The number of aromatic nitrogens is 1. The molecule has 1 aromatic heterocycles. The SMILES string of the molecule is CCCS(=O)(=O)Oc1sc([SH]2C=CC=C2)nc1C. The summed E-state index contributed by atoms with van der Waals surface area (Å²) in [6.45, 7) is 3.58. The van der Waals surface area contributed by atoms with Gasteiger partial charge in [0.25, 0.3) is 0 Å². The second kappa shape index (κ2) is 5.46. The molecule has 0 unspecified atom stereocenters. The second-order valence-electron chi connectivity index (χ2n) is 3.80. The van der Waals surface area contributed by atoms with Crippen LogP contribution in [0.15, 0.2) is 27.3 Å². The molecule has 7 heteroatoms. The average Bonchev–Trinajstić information content (AvgIpc) is 2.88. The highest BCUT2D eigenvalue weighted by Crippen LogP contribution is 2.47. The van der Waals surface area contributed by atoms with Crippen LogP contribution in [0, 0.1) is 6.92 Å². The van der Waals surface area contributed by atoms with Crippen molar-refractivity contribution in [3.8, 4) is 5.06 Å². The summed E-state index contributed by atoms with van der Waals surface area (Å²) in [5.74, 6) is 0.0360. The summed E-state index contributed by atoms with van der Waals surface area (Å²) in [6.07, 6.45) is 4.51. The van der Waals surface area contributed by atoms with Gasteiger partial charge >= 0.3 is 10.1 Å². The quantitative estimate of drug-likeness (QED) is 0.671. The van der Waals surface area contributed by atoms with Gasteiger partial charge in [-0.1, -0.05) is 30.4 Å². The van der Waals surface area contributed by atoms with Crippen LogP contribution in [0.1, 0.15) is 19.0 Å². The zero-order valence-corrected chi connectivity index (χ0v) is 12.7. The minimum Gasteiger partial charge on any atom is -0.369 e. The molecule has 1 aromatic rings. The summed E-state index contributed by atoms with van der Waals surface area (Å²) >= 11 is 1.32. The van der Waals surface area contributed by atoms with Crippen LogP contribution in [0.25, 0.3) is 0 Å². The van der Waals surface area contributed by atoms with Crippen molar-refractivity contribution in [2.45, 2.75) is 24.6 Å². The van der Waals surface area contributed by atoms with Gasteiger partial charge in [-0.3, -0.25) is 0 Å². The van der Waals surface area contributed by atoms with Crippen molar-refractivity contribution in [1.82, 2.24) is 4.98 Å². The van der Waals surface area contributed by atoms with Gasteiger partial charge in [0.05, 0.1) is 11.4 Å². The molecule has 2 heterocycles. The Morgan fingerprint density at radius 3 is 2.67 bits per heavy atom. The number of rotatable bonds is 5. The highest BCUT2D eigenvalue weighted by molar-refractivity contribution is 8.23. The second-order valence-corrected chi connectivity index (χ2v) is 8.59. The third-order valence-corrected chi connectivity index (χ3v) is 6.93. The molecule has 0 amide bonds. The van der Waals surface area contributed by atoms with E-state index in [1.54, 1.807) is 6.92 Å². The van der Waals surface area contributed by atoms with Gasteiger partial charge < -0.3 is 4.18 Å². The Labute approximate surface area is 114 Å². The average molecular weight is 305 g/mol. The molecule has 0 saturated heterocycles. The maximum absolute atomic E-state index is 11.6. The Balaban J connectivity index is 2.19. The third-order valence-electron chi connectivity index (χ3n) is 2.22. The molecule has 0 N–H and O–H groups in total. The first kappa shape index (κ1) is 13.6. The van der Waals surface area contributed by atoms with Gasteiger partial charge in [0, 0.05) is 0 Å². The van der Waals surface area contributed by atoms with Gasteiger partial charge in [-0.05, 0) is 24.2 Å². The fourth-order valence-electron chi connectivity index (χ4n) is 1.43. The lowest BCUT2D eigenvalue weighted by atomic mass is 10.6. The van der Waals surface area contributed by atoms with Gasteiger partial charge in [-0.15, -0.1) is 0 Å². The number of thiol groups is 1. The summed E-state index contributed by atoms with van der Waals surface area (Å²) in [6, 6.07) is 0. The van der Waals surface area contributed by atoms with Gasteiger partial charge in [0.15, 0.2) is 0 Å². The van der Waals surface area contributed by atoms with E-state index < -0.39 is 21.0 Å². The summed E-state index contributed by atoms with van der Waals surface area (Å²) in [5, 5.41) is 4.56. The Kier molecular flexibility index (Phi) is 4.14. The standard InChI is InChI=1S/C11H15NO3S3/c1-3-8-18(13,14)15-10-9(2)12-11(16-10)17-6-4-5-7-17/h4-7,17H,3,8H2,1-2H3. The van der Waals surface area contributed by atoms with Crippen molar-refractivity contribution in [1.29, 1.82) is 0 Å². The van der Waals surface area contributed by atoms with Crippen LogP contribution in [0.4, 0.5) is 0 Å². The Bertz CT molecular complexity index is 575. The molecule has 0 spiro atoms. The highest BCUT2D eigenvalue weighted by Gasteiger charge is 2.18. The van der Waals surface area contributed by atoms with Gasteiger partial charge in [-0.2, -0.15) is 19.3 Å². The lowest BCUT2D eigenvalue weighted by Crippen LogP contribution is -2.12. The number of hydrogen-bond donors (Lipinski definition) is 1. The first-order valence-electron chi connectivity index (χ1n) is 5.55. The topological polar surface area (TPSA) is 56.3 Å². The number of allylic oxidation sites excluding steroid dienone is 2. The normalized spacial score (nSPS) is 16.4. The van der Waals surface area contributed by atoms with E-state index in [1.165, 1.54) is 11.3 Å². The van der Waals surface area contributed by atoms with Crippen LogP contribution < -0.4 is 4.18 Å². The molecule has 0 aliphatic carbocycles. The molecule has 18 heavy (non-hydrogen) atoms. The molecule has 0 radical (unpaired) electrons. The molecule has 4 nitrogen and oxygen atoms in total. The fourth-order valence-corrected chi connectivity index (χ4v) is 5.57. The lowest BCUT2D eigenvalue weighted by molar-refractivity contribution is 0.489. The van der Waals surface area contributed by atoms with Crippen LogP contribution in [-0.2, 0) is 10.1 Å². The fraction of sp³-hybridized carbons (Fsp3) is 0.364. The van der Waals surface area contributed by atoms with Crippen LogP contribution >= 0.6 is 22.2 Å². The van der Waals surface area contributed by atoms with Crippen molar-refractivity contribution >= 4 is 32.3 Å². The smallest absolute Gasteiger partial charge is 0.310 e. The Hall–Kier alpha value is -0.790. The van der Waals surface area contributed by atoms with E-state index in [0.717, 1.165) is 4.34 Å². The molecule has 0 fully saturated rings. The predicted molar refractivity (Wildman–Crippen MR) is 77.1 cm³/mol. The molecular formula is C11H15NO3S3. The van der Waals surface area contributed by atoms with E-state index in [0.29, 0.717) is 17.2 Å². The van der Waals surface area contributed by atoms with Gasteiger partial charge in [0.2, 0.25) is 5.06 Å². The molecule has 0 atom stereocenters. The van der Waals surface area contributed by atoms with Crippen molar-refractivity contribution in [2.75, 3.05) is 5.75 Å². The molecule has 0 bridgehead atoms. The van der Waals surface area contributed by atoms with E-state index in [4.69, 9.17) is 4.18 Å². The van der Waals surface area contributed by atoms with Gasteiger partial charge in [0.1, 0.15) is 4.34 Å². The summed E-state index contributed by atoms with van der Waals surface area (Å²) in [7, 11) is -3.99. The monoisotopic (exact) mass is 305 g/mol. The first-order chi connectivity index (χ1) is 8.52. The number of hydrogen-bond acceptors (Lipinski definition) is 5. The van der Waals surface area contributed by atoms with Crippen LogP contribution in [0.2, 0.25) is 0 Å². The Morgan fingerprint density at radius 2 is 2.06 bits per heavy atom. The van der Waals surface area contributed by atoms with Crippen molar-refractivity contribution < 1.29 is 12.6 Å². The van der Waals surface area contributed by atoms with E-state index in [1.807, 2.05) is 19.1 Å². The molecule has 2 rings (SSSR count). The summed E-state index contributed by atoms with van der Waals surface area (Å²) in [5.41, 5.74) is 0.644. The molecule has 100 valence electrons. The zero-order chi connectivity index (χ0) is 13.2. The molecular weight excluding hydrogens is 290 g/mol. The van der Waals surface area contributed by atoms with E-state index >= 15 is 0 Å². The summed E-state index contributed by atoms with van der Waals surface area (Å²) < 4.78 is 29.3. The maximum Gasteiger partial charge on any atom is 0.310 e. The first-order valence-corrected chi connectivity index (χ1v) is 9.42. The van der Waals surface area contributed by atoms with Gasteiger partial charge in [-0.25, -0.2) is 4.98 Å². The minimum atomic E-state index is -3.48. The predicted octanol–water partition coefficient (Wildman–Crippen LogP) is 2.97. The maximum atomic E-state index is 11.6. The van der Waals surface area contributed by atoms with Crippen LogP contribution in [-0.4, -0.2) is 19.2 Å². The minimum absolute atomic E-state index is 0.0360. The molecule has 0 aromatic carbocycles. The summed E-state index contributed by atoms with van der Waals surface area (Å²) in [4.78, 5) is 4.39. The third kappa shape index (κ3) is 3.15. The van der Waals surface area contributed by atoms with Crippen molar-refractivity contribution in [3.05, 3.63) is 28.7 Å².